The van der Waals surface area contributed by atoms with Gasteiger partial charge in [-0.25, -0.2) is 4.79 Å². The lowest BCUT2D eigenvalue weighted by Gasteiger charge is -2.27. The van der Waals surface area contributed by atoms with Gasteiger partial charge in [-0.2, -0.15) is 9.97 Å². The van der Waals surface area contributed by atoms with Crippen LogP contribution in [0.1, 0.15) is 46.6 Å². The molecule has 3 heterocycles. The minimum Gasteiger partial charge on any atom is -0.469 e. The van der Waals surface area contributed by atoms with E-state index in [0.29, 0.717) is 56.6 Å². The van der Waals surface area contributed by atoms with Crippen molar-refractivity contribution in [2.75, 3.05) is 6.61 Å². The van der Waals surface area contributed by atoms with E-state index < -0.39 is 11.5 Å². The monoisotopic (exact) mass is 462 g/mol. The topological polar surface area (TPSA) is 91.5 Å². The van der Waals surface area contributed by atoms with Gasteiger partial charge < -0.3 is 13.9 Å². The SMILES string of the molecule is CC[C@@H]1c2c(OCC(=O)c3ccc(Cl)cc3)nc(C)nc2Oc2c1c(=O)oc1ccccc21. The Morgan fingerprint density at radius 3 is 2.61 bits per heavy atom. The number of ketones is 1. The molecule has 1 aliphatic rings. The second-order valence-corrected chi connectivity index (χ2v) is 8.14. The van der Waals surface area contributed by atoms with E-state index in [0.717, 1.165) is 0 Å². The van der Waals surface area contributed by atoms with Crippen LogP contribution in [0.3, 0.4) is 0 Å². The van der Waals surface area contributed by atoms with Crippen LogP contribution in [0.5, 0.6) is 17.5 Å². The van der Waals surface area contributed by atoms with Gasteiger partial charge in [0, 0.05) is 16.5 Å². The van der Waals surface area contributed by atoms with Gasteiger partial charge in [-0.3, -0.25) is 4.79 Å². The number of fused-ring (bicyclic) bond motifs is 4. The Morgan fingerprint density at radius 2 is 1.85 bits per heavy atom. The molecule has 2 aromatic heterocycles. The summed E-state index contributed by atoms with van der Waals surface area (Å²) >= 11 is 5.90. The van der Waals surface area contributed by atoms with Crippen molar-refractivity contribution in [3.05, 3.63) is 86.5 Å². The van der Waals surface area contributed by atoms with Crippen molar-refractivity contribution in [2.24, 2.45) is 0 Å². The third-order valence-electron chi connectivity index (χ3n) is 5.60. The molecular weight excluding hydrogens is 444 g/mol. The van der Waals surface area contributed by atoms with E-state index in [1.807, 2.05) is 19.1 Å². The Morgan fingerprint density at radius 1 is 1.09 bits per heavy atom. The number of hydrogen-bond acceptors (Lipinski definition) is 7. The van der Waals surface area contributed by atoms with Crippen LogP contribution < -0.4 is 15.1 Å². The van der Waals surface area contributed by atoms with E-state index in [2.05, 4.69) is 9.97 Å². The molecule has 0 saturated heterocycles. The number of benzene rings is 2. The number of aromatic nitrogens is 2. The molecule has 0 saturated carbocycles. The van der Waals surface area contributed by atoms with Gasteiger partial charge in [0.25, 0.3) is 0 Å². The number of hydrogen-bond donors (Lipinski definition) is 0. The molecule has 7 nitrogen and oxygen atoms in total. The minimum atomic E-state index is -0.482. The second-order valence-electron chi connectivity index (χ2n) is 7.70. The zero-order valence-corrected chi connectivity index (χ0v) is 18.7. The molecule has 0 amide bonds. The Labute approximate surface area is 194 Å². The highest BCUT2D eigenvalue weighted by Gasteiger charge is 2.36. The van der Waals surface area contributed by atoms with E-state index in [1.165, 1.54) is 0 Å². The number of aryl methyl sites for hydroxylation is 1. The van der Waals surface area contributed by atoms with E-state index in [9.17, 15) is 9.59 Å². The fraction of sp³-hybridized carbons (Fsp3) is 0.200. The lowest BCUT2D eigenvalue weighted by molar-refractivity contribution is 0.0916. The number of carbonyl (C=O) groups excluding carboxylic acids is 1. The molecule has 2 aromatic carbocycles. The van der Waals surface area contributed by atoms with Crippen molar-refractivity contribution in [3.63, 3.8) is 0 Å². The second kappa shape index (κ2) is 8.33. The van der Waals surface area contributed by atoms with Crippen LogP contribution in [0.15, 0.2) is 57.7 Å². The molecule has 0 radical (unpaired) electrons. The Bertz CT molecular complexity index is 1450. The smallest absolute Gasteiger partial charge is 0.343 e. The van der Waals surface area contributed by atoms with Crippen molar-refractivity contribution in [2.45, 2.75) is 26.2 Å². The van der Waals surface area contributed by atoms with Crippen molar-refractivity contribution >= 4 is 28.4 Å². The maximum absolute atomic E-state index is 12.9. The molecule has 1 atom stereocenters. The standard InChI is InChI=1S/C25H19ClN2O5/c1-3-16-20-22(17-6-4-5-7-19(17)32-25(20)30)33-24-21(16)23(27-13(2)28-24)31-12-18(29)14-8-10-15(26)11-9-14/h4-11,16H,3,12H2,1-2H3/t16-/m0/s1. The van der Waals surface area contributed by atoms with Gasteiger partial charge >= 0.3 is 5.63 Å². The highest BCUT2D eigenvalue weighted by Crippen LogP contribution is 2.48. The molecule has 0 spiro atoms. The van der Waals surface area contributed by atoms with Gasteiger partial charge in [-0.15, -0.1) is 0 Å². The summed E-state index contributed by atoms with van der Waals surface area (Å²) in [5.41, 5.74) is 1.35. The number of rotatable bonds is 5. The number of ether oxygens (including phenoxy) is 2. The summed E-state index contributed by atoms with van der Waals surface area (Å²) < 4.78 is 17.6. The maximum Gasteiger partial charge on any atom is 0.343 e. The number of para-hydroxylation sites is 1. The predicted octanol–water partition coefficient (Wildman–Crippen LogP) is 5.45. The molecule has 0 unspecified atom stereocenters. The van der Waals surface area contributed by atoms with Crippen LogP contribution in [-0.2, 0) is 0 Å². The highest BCUT2D eigenvalue weighted by atomic mass is 35.5. The van der Waals surface area contributed by atoms with Crippen LogP contribution in [0.4, 0.5) is 0 Å². The maximum atomic E-state index is 12.9. The molecule has 8 heteroatoms. The van der Waals surface area contributed by atoms with Gasteiger partial charge in [-0.05, 0) is 49.7 Å². The van der Waals surface area contributed by atoms with Crippen LogP contribution in [0.2, 0.25) is 5.02 Å². The summed E-state index contributed by atoms with van der Waals surface area (Å²) in [6, 6.07) is 13.8. The molecule has 5 rings (SSSR count). The molecular formula is C25H19ClN2O5. The lowest BCUT2D eigenvalue weighted by Crippen LogP contribution is -2.22. The molecule has 1 aliphatic heterocycles. The average Bonchev–Trinajstić information content (AvgIpc) is 2.81. The fourth-order valence-electron chi connectivity index (χ4n) is 4.07. The number of Topliss-reactive ketones (excluding diaryl/α,β-unsaturated/α-hetero) is 1. The van der Waals surface area contributed by atoms with Gasteiger partial charge in [0.05, 0.1) is 16.5 Å². The zero-order valence-electron chi connectivity index (χ0n) is 17.9. The van der Waals surface area contributed by atoms with Crippen molar-refractivity contribution < 1.29 is 18.7 Å². The first-order chi connectivity index (χ1) is 16.0. The molecule has 0 aliphatic carbocycles. The quantitative estimate of drug-likeness (QED) is 0.287. The zero-order chi connectivity index (χ0) is 23.1. The van der Waals surface area contributed by atoms with E-state index >= 15 is 0 Å². The summed E-state index contributed by atoms with van der Waals surface area (Å²) in [6.45, 7) is 3.42. The Hall–Kier alpha value is -3.71. The first kappa shape index (κ1) is 21.2. The van der Waals surface area contributed by atoms with Crippen molar-refractivity contribution in [3.8, 4) is 17.5 Å². The van der Waals surface area contributed by atoms with E-state index in [4.69, 9.17) is 25.5 Å². The van der Waals surface area contributed by atoms with Gasteiger partial charge in [-0.1, -0.05) is 30.7 Å². The lowest BCUT2D eigenvalue weighted by atomic mass is 9.88. The van der Waals surface area contributed by atoms with E-state index in [1.54, 1.807) is 43.3 Å². The van der Waals surface area contributed by atoms with Gasteiger partial charge in [0.1, 0.15) is 11.4 Å². The molecule has 166 valence electrons. The summed E-state index contributed by atoms with van der Waals surface area (Å²) in [4.78, 5) is 34.4. The normalized spacial score (nSPS) is 14.3. The minimum absolute atomic E-state index is 0.213. The van der Waals surface area contributed by atoms with E-state index in [-0.39, 0.29) is 18.3 Å². The van der Waals surface area contributed by atoms with Crippen LogP contribution in [-0.4, -0.2) is 22.4 Å². The Kier molecular flexibility index (Phi) is 5.34. The highest BCUT2D eigenvalue weighted by molar-refractivity contribution is 6.30. The third kappa shape index (κ3) is 3.74. The molecule has 0 bridgehead atoms. The number of carbonyl (C=O) groups is 1. The molecule has 4 aromatic rings. The van der Waals surface area contributed by atoms with Gasteiger partial charge in [0.2, 0.25) is 11.8 Å². The summed E-state index contributed by atoms with van der Waals surface area (Å²) in [6.07, 6.45) is 0.556. The predicted molar refractivity (Wildman–Crippen MR) is 123 cm³/mol. The van der Waals surface area contributed by atoms with Crippen molar-refractivity contribution in [1.29, 1.82) is 0 Å². The Balaban J connectivity index is 1.56. The summed E-state index contributed by atoms with van der Waals surface area (Å²) in [5, 5.41) is 1.23. The van der Waals surface area contributed by atoms with Crippen molar-refractivity contribution in [1.82, 2.24) is 9.97 Å². The first-order valence-corrected chi connectivity index (χ1v) is 10.9. The molecule has 0 fully saturated rings. The largest absolute Gasteiger partial charge is 0.469 e. The number of halogens is 1. The summed E-state index contributed by atoms with van der Waals surface area (Å²) in [5.74, 6) is 0.741. The van der Waals surface area contributed by atoms with Gasteiger partial charge in [0.15, 0.2) is 18.1 Å². The first-order valence-electron chi connectivity index (χ1n) is 10.5. The molecule has 33 heavy (non-hydrogen) atoms. The summed E-state index contributed by atoms with van der Waals surface area (Å²) in [7, 11) is 0. The average molecular weight is 463 g/mol. The fourth-order valence-corrected chi connectivity index (χ4v) is 4.19. The third-order valence-corrected chi connectivity index (χ3v) is 5.85. The molecule has 0 N–H and O–H groups in total. The van der Waals surface area contributed by atoms with Crippen LogP contribution in [0.25, 0.3) is 11.0 Å². The van der Waals surface area contributed by atoms with Crippen LogP contribution >= 0.6 is 11.6 Å². The van der Waals surface area contributed by atoms with Crippen LogP contribution in [0, 0.1) is 6.92 Å². The number of nitrogens with zero attached hydrogens (tertiary/aromatic N) is 2.